The van der Waals surface area contributed by atoms with Crippen LogP contribution in [0.5, 0.6) is 0 Å². The van der Waals surface area contributed by atoms with Gasteiger partial charge in [0, 0.05) is 26.2 Å². The average Bonchev–Trinajstić information content (AvgIpc) is 2.11. The molecule has 0 spiro atoms. The molecule has 0 aromatic rings. The standard InChI is InChI=1S/C11H22N2/c1-3-11(4-1)5-2-8-13-9-6-12-7-10-13/h11-12H,1-10H2. The molecule has 1 saturated carbocycles. The van der Waals surface area contributed by atoms with Crippen molar-refractivity contribution >= 4 is 0 Å². The summed E-state index contributed by atoms with van der Waals surface area (Å²) in [6, 6.07) is 0. The maximum absolute atomic E-state index is 3.39. The Morgan fingerprint density at radius 3 is 2.54 bits per heavy atom. The van der Waals surface area contributed by atoms with Crippen LogP contribution in [0.1, 0.15) is 32.1 Å². The topological polar surface area (TPSA) is 15.3 Å². The normalized spacial score (nSPS) is 25.8. The van der Waals surface area contributed by atoms with Crippen LogP contribution in [-0.4, -0.2) is 37.6 Å². The van der Waals surface area contributed by atoms with Gasteiger partial charge in [-0.15, -0.1) is 0 Å². The first-order valence-corrected chi connectivity index (χ1v) is 5.88. The SMILES string of the molecule is C1CC(CCCN2CCNCC2)C1. The van der Waals surface area contributed by atoms with Gasteiger partial charge in [0.15, 0.2) is 0 Å². The summed E-state index contributed by atoms with van der Waals surface area (Å²) < 4.78 is 0. The third-order valence-electron chi connectivity index (χ3n) is 3.52. The Bertz CT molecular complexity index is 137. The van der Waals surface area contributed by atoms with Crippen molar-refractivity contribution in [3.05, 3.63) is 0 Å². The summed E-state index contributed by atoms with van der Waals surface area (Å²) in [5.41, 5.74) is 0. The summed E-state index contributed by atoms with van der Waals surface area (Å²) in [5.74, 6) is 1.10. The van der Waals surface area contributed by atoms with Crippen molar-refractivity contribution in [1.29, 1.82) is 0 Å². The maximum atomic E-state index is 3.39. The quantitative estimate of drug-likeness (QED) is 0.708. The maximum Gasteiger partial charge on any atom is 0.0107 e. The highest BCUT2D eigenvalue weighted by molar-refractivity contribution is 4.72. The van der Waals surface area contributed by atoms with Crippen LogP contribution < -0.4 is 5.32 Å². The van der Waals surface area contributed by atoms with Gasteiger partial charge in [0.2, 0.25) is 0 Å². The molecular formula is C11H22N2. The Balaban J connectivity index is 1.50. The van der Waals surface area contributed by atoms with Gasteiger partial charge in [-0.05, 0) is 25.3 Å². The van der Waals surface area contributed by atoms with Crippen LogP contribution in [0.25, 0.3) is 0 Å². The number of hydrogen-bond acceptors (Lipinski definition) is 2. The minimum Gasteiger partial charge on any atom is -0.314 e. The van der Waals surface area contributed by atoms with E-state index in [1.807, 2.05) is 0 Å². The minimum absolute atomic E-state index is 1.10. The molecule has 76 valence electrons. The monoisotopic (exact) mass is 182 g/mol. The molecule has 0 unspecified atom stereocenters. The highest BCUT2D eigenvalue weighted by atomic mass is 15.2. The molecule has 0 radical (unpaired) electrons. The second-order valence-electron chi connectivity index (χ2n) is 4.53. The number of hydrogen-bond donors (Lipinski definition) is 1. The second kappa shape index (κ2) is 4.97. The van der Waals surface area contributed by atoms with Crippen molar-refractivity contribution in [2.45, 2.75) is 32.1 Å². The van der Waals surface area contributed by atoms with Crippen molar-refractivity contribution in [1.82, 2.24) is 10.2 Å². The zero-order valence-corrected chi connectivity index (χ0v) is 8.60. The smallest absolute Gasteiger partial charge is 0.0107 e. The summed E-state index contributed by atoms with van der Waals surface area (Å²) in [4.78, 5) is 2.61. The first-order chi connectivity index (χ1) is 6.45. The molecule has 1 saturated heterocycles. The van der Waals surface area contributed by atoms with Crippen LogP contribution in [0.15, 0.2) is 0 Å². The van der Waals surface area contributed by atoms with E-state index in [9.17, 15) is 0 Å². The van der Waals surface area contributed by atoms with E-state index in [1.54, 1.807) is 0 Å². The van der Waals surface area contributed by atoms with E-state index in [0.29, 0.717) is 0 Å². The molecule has 13 heavy (non-hydrogen) atoms. The lowest BCUT2D eigenvalue weighted by molar-refractivity contribution is 0.216. The number of nitrogens with one attached hydrogen (secondary N) is 1. The second-order valence-corrected chi connectivity index (χ2v) is 4.53. The molecule has 1 aliphatic carbocycles. The highest BCUT2D eigenvalue weighted by Crippen LogP contribution is 2.30. The van der Waals surface area contributed by atoms with Crippen LogP contribution in [0.4, 0.5) is 0 Å². The van der Waals surface area contributed by atoms with E-state index in [4.69, 9.17) is 0 Å². The largest absolute Gasteiger partial charge is 0.314 e. The Kier molecular flexibility index (Phi) is 3.62. The lowest BCUT2D eigenvalue weighted by Gasteiger charge is -2.29. The van der Waals surface area contributed by atoms with Crippen molar-refractivity contribution in [3.8, 4) is 0 Å². The van der Waals surface area contributed by atoms with Gasteiger partial charge >= 0.3 is 0 Å². The van der Waals surface area contributed by atoms with Gasteiger partial charge in [-0.2, -0.15) is 0 Å². The molecule has 1 N–H and O–H groups in total. The van der Waals surface area contributed by atoms with E-state index in [0.717, 1.165) is 5.92 Å². The molecule has 0 aromatic heterocycles. The Morgan fingerprint density at radius 1 is 1.15 bits per heavy atom. The first kappa shape index (κ1) is 9.47. The number of rotatable bonds is 4. The molecular weight excluding hydrogens is 160 g/mol. The molecule has 2 rings (SSSR count). The summed E-state index contributed by atoms with van der Waals surface area (Å²) in [5, 5.41) is 3.39. The molecule has 0 aromatic carbocycles. The van der Waals surface area contributed by atoms with Gasteiger partial charge in [0.1, 0.15) is 0 Å². The summed E-state index contributed by atoms with van der Waals surface area (Å²) in [6.45, 7) is 6.28. The van der Waals surface area contributed by atoms with E-state index in [-0.39, 0.29) is 0 Å². The summed E-state index contributed by atoms with van der Waals surface area (Å²) in [6.07, 6.45) is 7.45. The van der Waals surface area contributed by atoms with Crippen LogP contribution >= 0.6 is 0 Å². The van der Waals surface area contributed by atoms with Crippen LogP contribution in [0.3, 0.4) is 0 Å². The minimum atomic E-state index is 1.10. The molecule has 2 aliphatic rings. The molecule has 2 heteroatoms. The van der Waals surface area contributed by atoms with Gasteiger partial charge in [-0.25, -0.2) is 0 Å². The lowest BCUT2D eigenvalue weighted by Crippen LogP contribution is -2.43. The number of piperazine rings is 1. The van der Waals surface area contributed by atoms with E-state index in [2.05, 4.69) is 10.2 Å². The van der Waals surface area contributed by atoms with Crippen LogP contribution in [0, 0.1) is 5.92 Å². The first-order valence-electron chi connectivity index (χ1n) is 5.88. The predicted octanol–water partition coefficient (Wildman–Crippen LogP) is 1.47. The zero-order valence-electron chi connectivity index (χ0n) is 8.60. The van der Waals surface area contributed by atoms with Gasteiger partial charge in [-0.1, -0.05) is 19.3 Å². The van der Waals surface area contributed by atoms with Gasteiger partial charge in [-0.3, -0.25) is 0 Å². The van der Waals surface area contributed by atoms with Crippen molar-refractivity contribution in [2.24, 2.45) is 5.92 Å². The Hall–Kier alpha value is -0.0800. The van der Waals surface area contributed by atoms with Crippen molar-refractivity contribution < 1.29 is 0 Å². The highest BCUT2D eigenvalue weighted by Gasteiger charge is 2.17. The van der Waals surface area contributed by atoms with E-state index >= 15 is 0 Å². The summed E-state index contributed by atoms with van der Waals surface area (Å²) >= 11 is 0. The van der Waals surface area contributed by atoms with Gasteiger partial charge in [0.25, 0.3) is 0 Å². The van der Waals surface area contributed by atoms with Crippen LogP contribution in [-0.2, 0) is 0 Å². The van der Waals surface area contributed by atoms with Crippen molar-refractivity contribution in [3.63, 3.8) is 0 Å². The third-order valence-corrected chi connectivity index (χ3v) is 3.52. The van der Waals surface area contributed by atoms with Crippen LogP contribution in [0.2, 0.25) is 0 Å². The van der Waals surface area contributed by atoms with E-state index in [1.165, 1.54) is 64.8 Å². The van der Waals surface area contributed by atoms with Crippen molar-refractivity contribution in [2.75, 3.05) is 32.7 Å². The predicted molar refractivity (Wildman–Crippen MR) is 55.9 cm³/mol. The van der Waals surface area contributed by atoms with E-state index < -0.39 is 0 Å². The summed E-state index contributed by atoms with van der Waals surface area (Å²) in [7, 11) is 0. The fourth-order valence-corrected chi connectivity index (χ4v) is 2.32. The fraction of sp³-hybridized carbons (Fsp3) is 1.00. The number of nitrogens with zero attached hydrogens (tertiary/aromatic N) is 1. The Morgan fingerprint density at radius 2 is 1.92 bits per heavy atom. The third kappa shape index (κ3) is 2.96. The van der Waals surface area contributed by atoms with Gasteiger partial charge < -0.3 is 10.2 Å². The molecule has 0 atom stereocenters. The molecule has 2 nitrogen and oxygen atoms in total. The average molecular weight is 182 g/mol. The lowest BCUT2D eigenvalue weighted by atomic mass is 9.82. The molecule has 1 aliphatic heterocycles. The van der Waals surface area contributed by atoms with Gasteiger partial charge in [0.05, 0.1) is 0 Å². The molecule has 1 heterocycles. The Labute approximate surface area is 81.7 Å². The molecule has 2 fully saturated rings. The fourth-order valence-electron chi connectivity index (χ4n) is 2.32. The molecule has 0 amide bonds. The zero-order chi connectivity index (χ0) is 8.93. The molecule has 0 bridgehead atoms.